The Hall–Kier alpha value is -1.11. The molecule has 21 heavy (non-hydrogen) atoms. The quantitative estimate of drug-likeness (QED) is 0.614. The highest BCUT2D eigenvalue weighted by Crippen LogP contribution is 2.16. The molecule has 0 saturated carbocycles. The Kier molecular flexibility index (Phi) is 6.02. The fourth-order valence-corrected chi connectivity index (χ4v) is 3.08. The Morgan fingerprint density at radius 3 is 2.90 bits per heavy atom. The number of guanidine groups is 1. The molecule has 5 nitrogen and oxygen atoms in total. The van der Waals surface area contributed by atoms with Gasteiger partial charge in [0.05, 0.1) is 19.8 Å². The number of hydrogen-bond acceptors (Lipinski definition) is 4. The van der Waals surface area contributed by atoms with Crippen molar-refractivity contribution < 1.29 is 4.74 Å². The van der Waals surface area contributed by atoms with E-state index in [1.165, 1.54) is 4.88 Å². The predicted octanol–water partition coefficient (Wildman–Crippen LogP) is 1.31. The fraction of sp³-hybridized carbons (Fsp3) is 0.667. The van der Waals surface area contributed by atoms with Crippen molar-refractivity contribution in [1.29, 1.82) is 0 Å². The lowest BCUT2D eigenvalue weighted by Gasteiger charge is -2.39. The summed E-state index contributed by atoms with van der Waals surface area (Å²) in [5.41, 5.74) is 5.97. The number of nitrogens with two attached hydrogens (primary N) is 1. The minimum absolute atomic E-state index is 0.0177. The lowest BCUT2D eigenvalue weighted by molar-refractivity contribution is -0.00682. The van der Waals surface area contributed by atoms with Crippen LogP contribution in [-0.4, -0.2) is 55.8 Å². The summed E-state index contributed by atoms with van der Waals surface area (Å²) in [6.07, 6.45) is 0.987. The summed E-state index contributed by atoms with van der Waals surface area (Å²) in [7, 11) is 0. The van der Waals surface area contributed by atoms with Crippen molar-refractivity contribution in [2.75, 3.05) is 39.4 Å². The van der Waals surface area contributed by atoms with Crippen LogP contribution in [0.5, 0.6) is 0 Å². The Balaban J connectivity index is 1.73. The first kappa shape index (κ1) is 16.3. The van der Waals surface area contributed by atoms with Gasteiger partial charge in [-0.2, -0.15) is 0 Å². The summed E-state index contributed by atoms with van der Waals surface area (Å²) < 4.78 is 5.40. The maximum absolute atomic E-state index is 5.95. The van der Waals surface area contributed by atoms with Crippen LogP contribution in [0.25, 0.3) is 0 Å². The number of hydrogen-bond donors (Lipinski definition) is 2. The third-order valence-electron chi connectivity index (χ3n) is 3.76. The van der Waals surface area contributed by atoms with Gasteiger partial charge in [0.25, 0.3) is 0 Å². The summed E-state index contributed by atoms with van der Waals surface area (Å²) in [5.74, 6) is 0.535. The maximum Gasteiger partial charge on any atom is 0.188 e. The van der Waals surface area contributed by atoms with Gasteiger partial charge in [-0.25, -0.2) is 0 Å². The molecule has 0 radical (unpaired) electrons. The van der Waals surface area contributed by atoms with Crippen LogP contribution in [0.1, 0.15) is 18.7 Å². The zero-order chi connectivity index (χ0) is 15.1. The van der Waals surface area contributed by atoms with Gasteiger partial charge >= 0.3 is 0 Å². The van der Waals surface area contributed by atoms with Crippen LogP contribution in [-0.2, 0) is 11.2 Å². The summed E-state index contributed by atoms with van der Waals surface area (Å²) in [6.45, 7) is 9.49. The van der Waals surface area contributed by atoms with E-state index in [4.69, 9.17) is 10.5 Å². The van der Waals surface area contributed by atoms with Crippen molar-refractivity contribution >= 4 is 17.3 Å². The first-order valence-corrected chi connectivity index (χ1v) is 8.35. The van der Waals surface area contributed by atoms with Crippen LogP contribution >= 0.6 is 11.3 Å². The molecule has 1 aromatic heterocycles. The highest BCUT2D eigenvalue weighted by Gasteiger charge is 2.27. The fourth-order valence-electron chi connectivity index (χ4n) is 2.37. The molecular weight excluding hydrogens is 284 g/mol. The molecular formula is C15H26N4OS. The van der Waals surface area contributed by atoms with E-state index in [1.807, 2.05) is 0 Å². The molecule has 1 aliphatic rings. The number of nitrogens with zero attached hydrogens (tertiary/aromatic N) is 2. The average molecular weight is 310 g/mol. The van der Waals surface area contributed by atoms with E-state index in [9.17, 15) is 0 Å². The van der Waals surface area contributed by atoms with E-state index in [-0.39, 0.29) is 5.54 Å². The third-order valence-corrected chi connectivity index (χ3v) is 4.70. The van der Waals surface area contributed by atoms with Gasteiger partial charge in [-0.1, -0.05) is 6.07 Å². The lowest BCUT2D eigenvalue weighted by Crippen LogP contribution is -2.52. The molecule has 0 unspecified atom stereocenters. The topological polar surface area (TPSA) is 62.9 Å². The first-order valence-electron chi connectivity index (χ1n) is 7.47. The van der Waals surface area contributed by atoms with Crippen molar-refractivity contribution in [3.8, 4) is 0 Å². The normalized spacial score (nSPS) is 17.9. The maximum atomic E-state index is 5.95. The van der Waals surface area contributed by atoms with Crippen LogP contribution < -0.4 is 11.1 Å². The Morgan fingerprint density at radius 1 is 1.48 bits per heavy atom. The molecule has 0 atom stereocenters. The minimum Gasteiger partial charge on any atom is -0.379 e. The second-order valence-corrected chi connectivity index (χ2v) is 6.90. The zero-order valence-corrected chi connectivity index (χ0v) is 13.8. The van der Waals surface area contributed by atoms with Crippen molar-refractivity contribution in [3.05, 3.63) is 22.4 Å². The predicted molar refractivity (Wildman–Crippen MR) is 89.0 cm³/mol. The average Bonchev–Trinajstić information content (AvgIpc) is 2.99. The molecule has 3 N–H and O–H groups in total. The molecule has 118 valence electrons. The molecule has 0 amide bonds. The monoisotopic (exact) mass is 310 g/mol. The SMILES string of the molecule is CC(C)(CN=C(N)NCCc1cccs1)N1CCOCC1. The van der Waals surface area contributed by atoms with Crippen LogP contribution in [0, 0.1) is 0 Å². The van der Waals surface area contributed by atoms with Gasteiger partial charge < -0.3 is 15.8 Å². The summed E-state index contributed by atoms with van der Waals surface area (Å²) in [4.78, 5) is 8.27. The number of ether oxygens (including phenoxy) is 1. The van der Waals surface area contributed by atoms with Gasteiger partial charge in [-0.05, 0) is 31.7 Å². The van der Waals surface area contributed by atoms with Gasteiger partial charge in [-0.15, -0.1) is 11.3 Å². The number of thiophene rings is 1. The van der Waals surface area contributed by atoms with E-state index >= 15 is 0 Å². The molecule has 2 rings (SSSR count). The van der Waals surface area contributed by atoms with Gasteiger partial charge in [-0.3, -0.25) is 9.89 Å². The molecule has 1 aliphatic heterocycles. The molecule has 2 heterocycles. The van der Waals surface area contributed by atoms with E-state index in [0.717, 1.165) is 39.3 Å². The molecule has 0 aliphatic carbocycles. The van der Waals surface area contributed by atoms with Crippen LogP contribution in [0.3, 0.4) is 0 Å². The second kappa shape index (κ2) is 7.77. The summed E-state index contributed by atoms with van der Waals surface area (Å²) >= 11 is 1.77. The van der Waals surface area contributed by atoms with Crippen LogP contribution in [0.4, 0.5) is 0 Å². The van der Waals surface area contributed by atoms with Crippen molar-refractivity contribution in [3.63, 3.8) is 0 Å². The van der Waals surface area contributed by atoms with Crippen LogP contribution in [0.2, 0.25) is 0 Å². The molecule has 6 heteroatoms. The largest absolute Gasteiger partial charge is 0.379 e. The summed E-state index contributed by atoms with van der Waals surface area (Å²) in [5, 5.41) is 5.28. The highest BCUT2D eigenvalue weighted by molar-refractivity contribution is 7.09. The van der Waals surface area contributed by atoms with Crippen molar-refractivity contribution in [2.24, 2.45) is 10.7 Å². The Morgan fingerprint density at radius 2 is 2.24 bits per heavy atom. The number of rotatable bonds is 6. The third kappa shape index (κ3) is 5.30. The number of aliphatic imine (C=N–C) groups is 1. The highest BCUT2D eigenvalue weighted by atomic mass is 32.1. The van der Waals surface area contributed by atoms with E-state index in [2.05, 4.69) is 46.6 Å². The van der Waals surface area contributed by atoms with Gasteiger partial charge in [0, 0.05) is 30.1 Å². The van der Waals surface area contributed by atoms with Gasteiger partial charge in [0.15, 0.2) is 5.96 Å². The molecule has 1 aromatic rings. The molecule has 1 saturated heterocycles. The number of morpholine rings is 1. The van der Waals surface area contributed by atoms with Gasteiger partial charge in [0.2, 0.25) is 0 Å². The lowest BCUT2D eigenvalue weighted by atomic mass is 10.0. The minimum atomic E-state index is 0.0177. The van der Waals surface area contributed by atoms with E-state index in [0.29, 0.717) is 12.5 Å². The van der Waals surface area contributed by atoms with Gasteiger partial charge in [0.1, 0.15) is 0 Å². The Bertz CT molecular complexity index is 439. The second-order valence-electron chi connectivity index (χ2n) is 5.87. The molecule has 1 fully saturated rings. The first-order chi connectivity index (χ1) is 10.1. The van der Waals surface area contributed by atoms with E-state index in [1.54, 1.807) is 11.3 Å². The molecule has 0 aromatic carbocycles. The van der Waals surface area contributed by atoms with Crippen LogP contribution in [0.15, 0.2) is 22.5 Å². The zero-order valence-electron chi connectivity index (χ0n) is 13.0. The number of nitrogens with one attached hydrogen (secondary N) is 1. The standard InChI is InChI=1S/C15H26N4OS/c1-15(2,19-7-9-20-10-8-19)12-18-14(16)17-6-5-13-4-3-11-21-13/h3-4,11H,5-10,12H2,1-2H3,(H3,16,17,18). The van der Waals surface area contributed by atoms with E-state index < -0.39 is 0 Å². The van der Waals surface area contributed by atoms with Crippen molar-refractivity contribution in [2.45, 2.75) is 25.8 Å². The molecule has 0 bridgehead atoms. The summed E-state index contributed by atoms with van der Waals surface area (Å²) in [6, 6.07) is 4.21. The van der Waals surface area contributed by atoms with Crippen molar-refractivity contribution in [1.82, 2.24) is 10.2 Å². The Labute approximate surface area is 131 Å². The molecule has 0 spiro atoms. The smallest absolute Gasteiger partial charge is 0.188 e.